The smallest absolute Gasteiger partial charge is 0.319 e. The minimum absolute atomic E-state index is 0.000833. The van der Waals surface area contributed by atoms with Gasteiger partial charge in [0.05, 0.1) is 11.3 Å². The molecule has 0 aromatic heterocycles. The van der Waals surface area contributed by atoms with Crippen molar-refractivity contribution in [1.82, 2.24) is 5.32 Å². The van der Waals surface area contributed by atoms with Gasteiger partial charge in [-0.1, -0.05) is 12.1 Å². The molecule has 1 fully saturated rings. The summed E-state index contributed by atoms with van der Waals surface area (Å²) < 4.78 is 10.7. The zero-order valence-corrected chi connectivity index (χ0v) is 15.0. The Morgan fingerprint density at radius 2 is 2.04 bits per heavy atom. The van der Waals surface area contributed by atoms with E-state index in [1.165, 1.54) is 0 Å². The second-order valence-electron chi connectivity index (χ2n) is 6.60. The number of nitrogens with one attached hydrogen (secondary N) is 2. The number of urea groups is 1. The second-order valence-corrected chi connectivity index (χ2v) is 6.60. The number of nitrogens with zero attached hydrogens (tertiary/aromatic N) is 2. The summed E-state index contributed by atoms with van der Waals surface area (Å²) in [6, 6.07) is 13.8. The average molecular weight is 378 g/mol. The summed E-state index contributed by atoms with van der Waals surface area (Å²) in [5, 5.41) is 14.5. The molecule has 2 aromatic carbocycles. The molecule has 0 saturated carbocycles. The lowest BCUT2D eigenvalue weighted by Crippen LogP contribution is -2.34. The van der Waals surface area contributed by atoms with Gasteiger partial charge < -0.3 is 25.0 Å². The van der Waals surface area contributed by atoms with Crippen LogP contribution in [0.1, 0.15) is 12.0 Å². The number of anilines is 2. The highest BCUT2D eigenvalue weighted by atomic mass is 16.7. The predicted molar refractivity (Wildman–Crippen MR) is 101 cm³/mol. The van der Waals surface area contributed by atoms with Crippen LogP contribution in [0, 0.1) is 17.2 Å². The molecule has 2 heterocycles. The zero-order chi connectivity index (χ0) is 19.5. The molecule has 0 bridgehead atoms. The number of para-hydroxylation sites is 1. The average Bonchev–Trinajstić information content (AvgIpc) is 3.32. The Labute approximate surface area is 161 Å². The summed E-state index contributed by atoms with van der Waals surface area (Å²) in [4.78, 5) is 26.2. The maximum Gasteiger partial charge on any atom is 0.319 e. The lowest BCUT2D eigenvalue weighted by molar-refractivity contribution is -0.117. The maximum absolute atomic E-state index is 12.4. The van der Waals surface area contributed by atoms with Gasteiger partial charge in [0.25, 0.3) is 0 Å². The first-order chi connectivity index (χ1) is 13.6. The van der Waals surface area contributed by atoms with Gasteiger partial charge in [-0.05, 0) is 24.3 Å². The summed E-state index contributed by atoms with van der Waals surface area (Å²) >= 11 is 0. The van der Waals surface area contributed by atoms with Gasteiger partial charge in [0.15, 0.2) is 11.5 Å². The third kappa shape index (κ3) is 3.55. The first-order valence-electron chi connectivity index (χ1n) is 8.88. The SMILES string of the molecule is N#Cc1ccccc1NC(=O)NCC1CC(=O)N(c2ccc3c(c2)OCO3)C1. The van der Waals surface area contributed by atoms with E-state index >= 15 is 0 Å². The van der Waals surface area contributed by atoms with Gasteiger partial charge in [-0.25, -0.2) is 4.79 Å². The first kappa shape index (κ1) is 17.7. The van der Waals surface area contributed by atoms with Gasteiger partial charge in [0.1, 0.15) is 6.07 Å². The fourth-order valence-electron chi connectivity index (χ4n) is 3.31. The largest absolute Gasteiger partial charge is 0.454 e. The highest BCUT2D eigenvalue weighted by Crippen LogP contribution is 2.37. The number of ether oxygens (including phenoxy) is 2. The fourth-order valence-corrected chi connectivity index (χ4v) is 3.31. The number of carbonyl (C=O) groups is 2. The summed E-state index contributed by atoms with van der Waals surface area (Å²) in [7, 11) is 0. The lowest BCUT2D eigenvalue weighted by atomic mass is 10.1. The van der Waals surface area contributed by atoms with Crippen molar-refractivity contribution in [2.24, 2.45) is 5.92 Å². The molecule has 0 aliphatic carbocycles. The number of hydrogen-bond acceptors (Lipinski definition) is 5. The molecule has 3 amide bonds. The van der Waals surface area contributed by atoms with Gasteiger partial charge in [-0.2, -0.15) is 5.26 Å². The van der Waals surface area contributed by atoms with Crippen LogP contribution in [0.5, 0.6) is 11.5 Å². The lowest BCUT2D eigenvalue weighted by Gasteiger charge is -2.17. The highest BCUT2D eigenvalue weighted by molar-refractivity contribution is 5.96. The van der Waals surface area contributed by atoms with Crippen LogP contribution in [-0.4, -0.2) is 31.8 Å². The third-order valence-electron chi connectivity index (χ3n) is 4.72. The molecule has 2 aromatic rings. The second kappa shape index (κ2) is 7.48. The van der Waals surface area contributed by atoms with Crippen LogP contribution >= 0.6 is 0 Å². The Morgan fingerprint density at radius 3 is 2.89 bits per heavy atom. The van der Waals surface area contributed by atoms with E-state index < -0.39 is 6.03 Å². The van der Waals surface area contributed by atoms with Crippen molar-refractivity contribution in [3.8, 4) is 17.6 Å². The number of amides is 3. The fraction of sp³-hybridized carbons (Fsp3) is 0.250. The first-order valence-corrected chi connectivity index (χ1v) is 8.88. The van der Waals surface area contributed by atoms with E-state index in [0.717, 1.165) is 5.69 Å². The Morgan fingerprint density at radius 1 is 1.21 bits per heavy atom. The Kier molecular flexibility index (Phi) is 4.72. The van der Waals surface area contributed by atoms with E-state index in [4.69, 9.17) is 14.7 Å². The molecule has 8 heteroatoms. The van der Waals surface area contributed by atoms with Crippen LogP contribution in [0.3, 0.4) is 0 Å². The van der Waals surface area contributed by atoms with E-state index in [1.54, 1.807) is 41.3 Å². The van der Waals surface area contributed by atoms with Gasteiger partial charge in [0, 0.05) is 37.2 Å². The van der Waals surface area contributed by atoms with Crippen LogP contribution in [-0.2, 0) is 4.79 Å². The molecule has 0 radical (unpaired) electrons. The Bertz CT molecular complexity index is 969. The summed E-state index contributed by atoms with van der Waals surface area (Å²) in [5.41, 5.74) is 1.60. The standard InChI is InChI=1S/C20H18N4O4/c21-9-14-3-1-2-4-16(14)23-20(26)22-10-13-7-19(25)24(11-13)15-5-6-17-18(8-15)28-12-27-17/h1-6,8,13H,7,10-12H2,(H2,22,23,26). The molecule has 28 heavy (non-hydrogen) atoms. The number of rotatable bonds is 4. The number of hydrogen-bond donors (Lipinski definition) is 2. The minimum atomic E-state index is -0.406. The van der Waals surface area contributed by atoms with E-state index in [-0.39, 0.29) is 18.6 Å². The third-order valence-corrected chi connectivity index (χ3v) is 4.72. The van der Waals surface area contributed by atoms with Crippen molar-refractivity contribution >= 4 is 23.3 Å². The van der Waals surface area contributed by atoms with Crippen molar-refractivity contribution in [3.05, 3.63) is 48.0 Å². The van der Waals surface area contributed by atoms with Crippen LogP contribution in [0.2, 0.25) is 0 Å². The van der Waals surface area contributed by atoms with Crippen molar-refractivity contribution in [2.75, 3.05) is 30.1 Å². The molecule has 2 aliphatic heterocycles. The summed E-state index contributed by atoms with van der Waals surface area (Å²) in [6.07, 6.45) is 0.351. The molecule has 0 spiro atoms. The highest BCUT2D eigenvalue weighted by Gasteiger charge is 2.31. The van der Waals surface area contributed by atoms with Crippen LogP contribution < -0.4 is 25.0 Å². The number of fused-ring (bicyclic) bond motifs is 1. The quantitative estimate of drug-likeness (QED) is 0.851. The van der Waals surface area contributed by atoms with Crippen molar-refractivity contribution < 1.29 is 19.1 Å². The Hall–Kier alpha value is -3.73. The van der Waals surface area contributed by atoms with Crippen molar-refractivity contribution in [1.29, 1.82) is 5.26 Å². The van der Waals surface area contributed by atoms with E-state index in [2.05, 4.69) is 10.6 Å². The van der Waals surface area contributed by atoms with E-state index in [1.807, 2.05) is 12.1 Å². The molecule has 142 valence electrons. The molecule has 2 N–H and O–H groups in total. The van der Waals surface area contributed by atoms with Crippen molar-refractivity contribution in [2.45, 2.75) is 6.42 Å². The Balaban J connectivity index is 1.33. The van der Waals surface area contributed by atoms with E-state index in [9.17, 15) is 9.59 Å². The molecule has 8 nitrogen and oxygen atoms in total. The monoisotopic (exact) mass is 378 g/mol. The topological polar surface area (TPSA) is 104 Å². The maximum atomic E-state index is 12.4. The van der Waals surface area contributed by atoms with Crippen LogP contribution in [0.15, 0.2) is 42.5 Å². The number of benzene rings is 2. The van der Waals surface area contributed by atoms with E-state index in [0.29, 0.717) is 42.3 Å². The molecule has 1 saturated heterocycles. The zero-order valence-electron chi connectivity index (χ0n) is 15.0. The predicted octanol–water partition coefficient (Wildman–Crippen LogP) is 2.46. The van der Waals surface area contributed by atoms with Gasteiger partial charge in [0.2, 0.25) is 12.7 Å². The summed E-state index contributed by atoms with van der Waals surface area (Å²) in [5.74, 6) is 1.29. The normalized spacial score (nSPS) is 17.3. The molecule has 1 unspecified atom stereocenters. The van der Waals surface area contributed by atoms with Gasteiger partial charge >= 0.3 is 6.03 Å². The molecular formula is C20H18N4O4. The summed E-state index contributed by atoms with van der Waals surface area (Å²) in [6.45, 7) is 1.05. The van der Waals surface area contributed by atoms with Gasteiger partial charge in [-0.3, -0.25) is 4.79 Å². The molecule has 2 aliphatic rings. The van der Waals surface area contributed by atoms with Crippen molar-refractivity contribution in [3.63, 3.8) is 0 Å². The molecular weight excluding hydrogens is 360 g/mol. The van der Waals surface area contributed by atoms with Gasteiger partial charge in [-0.15, -0.1) is 0 Å². The number of carbonyl (C=O) groups excluding carboxylic acids is 2. The minimum Gasteiger partial charge on any atom is -0.454 e. The van der Waals surface area contributed by atoms with Crippen LogP contribution in [0.25, 0.3) is 0 Å². The number of nitriles is 1. The van der Waals surface area contributed by atoms with Crippen LogP contribution in [0.4, 0.5) is 16.2 Å². The molecule has 4 rings (SSSR count). The molecule has 1 atom stereocenters.